The molecule has 21 heteroatoms. The molecule has 0 aromatic carbocycles. The second kappa shape index (κ2) is 20.6. The van der Waals surface area contributed by atoms with Crippen molar-refractivity contribution < 1.29 is 44.4 Å². The molecular formula is C27H43B2F3N4O9P2S. The second-order valence-electron chi connectivity index (χ2n) is 10.5. The number of aromatic nitrogens is 2. The molecule has 0 bridgehead atoms. The van der Waals surface area contributed by atoms with E-state index in [1.54, 1.807) is 46.7 Å². The lowest BCUT2D eigenvalue weighted by atomic mass is 9.75. The van der Waals surface area contributed by atoms with Crippen LogP contribution in [0.3, 0.4) is 0 Å². The van der Waals surface area contributed by atoms with Crippen molar-refractivity contribution in [3.8, 4) is 0 Å². The molecule has 3 N–H and O–H groups in total. The average molecular weight is 740 g/mol. The number of nitrogens with two attached hydrogens (primary N) is 1. The number of hydrogen-bond acceptors (Lipinski definition) is 11. The Morgan fingerprint density at radius 2 is 1.31 bits per heavy atom. The zero-order valence-corrected chi connectivity index (χ0v) is 31.2. The first kappa shape index (κ1) is 45.1. The zero-order valence-electron chi connectivity index (χ0n) is 28.0. The van der Waals surface area contributed by atoms with E-state index in [9.17, 15) is 40.8 Å². The summed E-state index contributed by atoms with van der Waals surface area (Å²) in [6, 6.07) is 5.59. The number of rotatable bonds is 12. The first-order valence-electron chi connectivity index (χ1n) is 14.4. The Morgan fingerprint density at radius 1 is 0.875 bits per heavy atom. The predicted octanol–water partition coefficient (Wildman–Crippen LogP) is 4.07. The third kappa shape index (κ3) is 13.6. The Labute approximate surface area is 285 Å². The van der Waals surface area contributed by atoms with Gasteiger partial charge >= 0.3 is 27.6 Å². The van der Waals surface area contributed by atoms with Gasteiger partial charge in [-0.25, -0.2) is 9.59 Å². The Kier molecular flexibility index (Phi) is 19.4. The van der Waals surface area contributed by atoms with Crippen molar-refractivity contribution in [3.63, 3.8) is 0 Å². The van der Waals surface area contributed by atoms with Gasteiger partial charge in [0.25, 0.3) is 11.1 Å². The summed E-state index contributed by atoms with van der Waals surface area (Å²) in [6.45, 7) is 13.6. The van der Waals surface area contributed by atoms with E-state index in [-0.39, 0.29) is 29.2 Å². The zero-order chi connectivity index (χ0) is 37.6. The molecule has 0 saturated heterocycles. The Morgan fingerprint density at radius 3 is 1.73 bits per heavy atom. The third-order valence-corrected chi connectivity index (χ3v) is 8.11. The summed E-state index contributed by atoms with van der Waals surface area (Å²) in [7, 11) is 1.90. The van der Waals surface area contributed by atoms with Crippen molar-refractivity contribution in [1.82, 2.24) is 9.13 Å². The predicted molar refractivity (Wildman–Crippen MR) is 188 cm³/mol. The molecule has 2 aromatic heterocycles. The maximum absolute atomic E-state index is 12.5. The molecule has 0 amide bonds. The van der Waals surface area contributed by atoms with Crippen LogP contribution >= 0.6 is 18.9 Å². The first-order valence-corrected chi connectivity index (χ1v) is 16.8. The molecule has 0 aliphatic rings. The monoisotopic (exact) mass is 740 g/mol. The van der Waals surface area contributed by atoms with Crippen molar-refractivity contribution >= 4 is 66.9 Å². The highest BCUT2D eigenvalue weighted by Gasteiger charge is 2.48. The van der Waals surface area contributed by atoms with Crippen LogP contribution in [0.2, 0.25) is 26.3 Å². The van der Waals surface area contributed by atoms with Gasteiger partial charge in [0.15, 0.2) is 0 Å². The van der Waals surface area contributed by atoms with Crippen LogP contribution in [0.5, 0.6) is 0 Å². The molecule has 0 spiro atoms. The van der Waals surface area contributed by atoms with Crippen LogP contribution in [0.25, 0.3) is 0 Å². The summed E-state index contributed by atoms with van der Waals surface area (Å²) in [5.74, 6) is -0.969. The minimum Gasteiger partial charge on any atom is -0.450 e. The highest BCUT2D eigenvalue weighted by molar-refractivity contribution is 7.87. The fourth-order valence-corrected chi connectivity index (χ4v) is 5.12. The van der Waals surface area contributed by atoms with E-state index in [1.807, 2.05) is 46.0 Å². The van der Waals surface area contributed by atoms with E-state index in [2.05, 4.69) is 18.5 Å². The summed E-state index contributed by atoms with van der Waals surface area (Å²) >= 11 is 0. The fraction of sp³-hybridized carbons (Fsp3) is 0.556. The lowest BCUT2D eigenvalue weighted by Crippen LogP contribution is -2.33. The van der Waals surface area contributed by atoms with E-state index in [0.29, 0.717) is 11.4 Å². The quantitative estimate of drug-likeness (QED) is 0.139. The van der Waals surface area contributed by atoms with Gasteiger partial charge < -0.3 is 20.1 Å². The summed E-state index contributed by atoms with van der Waals surface area (Å²) < 4.78 is 71.6. The molecule has 268 valence electrons. The smallest absolute Gasteiger partial charge is 0.450 e. The number of carbonyl (C=O) groups excluding carboxylic acids is 2. The van der Waals surface area contributed by atoms with Crippen molar-refractivity contribution in [2.45, 2.75) is 97.6 Å². The largest absolute Gasteiger partial charge is 0.523 e. The topological polar surface area (TPSA) is 178 Å². The minimum atomic E-state index is -5.44. The van der Waals surface area contributed by atoms with Gasteiger partial charge in [-0.15, -0.1) is 0 Å². The standard InChI is InChI=1S/C13H21BN2O3P.C9H13N2O3P.C5H9BF3O3S/c1-8(7-14-4)15-11-6-5-9(2)16(12(11)17)10(3)13(18)19-20;1-5-3-4-7(10)8(12)11(5)6(2)9(13)14-15;1-4(3-6-2)12-13(10,11)5(7,8)9/h5-6,8,10,15H,7,20H2,1-4H3;3-4,6H,10,15H2,1-2H3;4H,3H2,1-2H3. The van der Waals surface area contributed by atoms with Crippen LogP contribution in [-0.2, 0) is 32.9 Å². The van der Waals surface area contributed by atoms with E-state index < -0.39 is 45.8 Å². The van der Waals surface area contributed by atoms with Crippen LogP contribution < -0.4 is 22.2 Å². The summed E-state index contributed by atoms with van der Waals surface area (Å²) in [5.41, 5.74) is 1.54. The molecule has 0 aliphatic heterocycles. The molecule has 2 aromatic rings. The van der Waals surface area contributed by atoms with Crippen LogP contribution in [-0.4, -0.2) is 61.7 Å². The Balaban J connectivity index is 0.000000710. The molecule has 6 atom stereocenters. The molecule has 0 aliphatic carbocycles. The molecule has 0 fully saturated rings. The molecular weight excluding hydrogens is 697 g/mol. The van der Waals surface area contributed by atoms with E-state index in [1.165, 1.54) is 29.4 Å². The number of nitrogen functional groups attached to an aromatic ring is 1. The van der Waals surface area contributed by atoms with Gasteiger partial charge in [0.2, 0.25) is 0 Å². The normalized spacial score (nSPS) is 13.6. The highest BCUT2D eigenvalue weighted by atomic mass is 32.2. The van der Waals surface area contributed by atoms with E-state index >= 15 is 0 Å². The molecule has 6 unspecified atom stereocenters. The first-order chi connectivity index (χ1) is 22.1. The van der Waals surface area contributed by atoms with E-state index in [0.717, 1.165) is 12.0 Å². The number of nitrogens with one attached hydrogen (secondary N) is 1. The van der Waals surface area contributed by atoms with Gasteiger partial charge in [-0.3, -0.25) is 22.9 Å². The van der Waals surface area contributed by atoms with Gasteiger partial charge in [-0.2, -0.15) is 21.6 Å². The number of hydrogen-bond donors (Lipinski definition) is 2. The number of nitrogens with zero attached hydrogens (tertiary/aromatic N) is 2. The maximum Gasteiger partial charge on any atom is 0.523 e. The third-order valence-electron chi connectivity index (χ3n) is 6.49. The SMILES string of the molecule is C[B]CC(C)Nc1ccc(C)n(C(C)C(=O)OP)c1=O.C[B]CC(C)OS(=O)(=O)C(F)(F)F.Cc1ccc(N)c(=O)n1C(C)C(=O)OP. The number of halogens is 3. The van der Waals surface area contributed by atoms with Crippen molar-refractivity contribution in [2.75, 3.05) is 11.1 Å². The fourth-order valence-electron chi connectivity index (χ4n) is 4.11. The van der Waals surface area contributed by atoms with Crippen LogP contribution in [0.1, 0.15) is 51.2 Å². The molecule has 13 nitrogen and oxygen atoms in total. The van der Waals surface area contributed by atoms with Gasteiger partial charge in [0.1, 0.15) is 32.3 Å². The number of anilines is 2. The van der Waals surface area contributed by atoms with E-state index in [4.69, 9.17) is 5.73 Å². The van der Waals surface area contributed by atoms with Gasteiger partial charge in [-0.05, 0) is 65.8 Å². The lowest BCUT2D eigenvalue weighted by Gasteiger charge is -2.19. The molecule has 48 heavy (non-hydrogen) atoms. The van der Waals surface area contributed by atoms with Crippen LogP contribution in [0, 0.1) is 13.8 Å². The summed E-state index contributed by atoms with van der Waals surface area (Å²) in [4.78, 5) is 47.1. The second-order valence-corrected chi connectivity index (χ2v) is 12.6. The lowest BCUT2D eigenvalue weighted by molar-refractivity contribution is -0.137. The molecule has 0 saturated carbocycles. The average Bonchev–Trinajstić information content (AvgIpc) is 2.99. The summed E-state index contributed by atoms with van der Waals surface area (Å²) in [6.07, 6.45) is 0.0165. The Hall–Kier alpha value is -2.87. The van der Waals surface area contributed by atoms with Crippen molar-refractivity contribution in [3.05, 3.63) is 56.4 Å². The molecule has 2 rings (SSSR count). The maximum atomic E-state index is 12.5. The minimum absolute atomic E-state index is 0.115. The van der Waals surface area contributed by atoms with Crippen molar-refractivity contribution in [2.24, 2.45) is 0 Å². The van der Waals surface area contributed by atoms with Gasteiger partial charge in [0.05, 0.1) is 30.7 Å². The highest BCUT2D eigenvalue weighted by Crippen LogP contribution is 2.26. The van der Waals surface area contributed by atoms with Crippen molar-refractivity contribution in [1.29, 1.82) is 0 Å². The number of alkyl halides is 3. The molecule has 2 radical (unpaired) electrons. The van der Waals surface area contributed by atoms with Gasteiger partial charge in [0, 0.05) is 17.4 Å². The van der Waals surface area contributed by atoms with Crippen LogP contribution in [0.4, 0.5) is 24.5 Å². The van der Waals surface area contributed by atoms with Gasteiger partial charge in [-0.1, -0.05) is 26.3 Å². The number of carbonyl (C=O) groups is 2. The van der Waals surface area contributed by atoms with Crippen LogP contribution in [0.15, 0.2) is 33.9 Å². The molecule has 2 heterocycles. The Bertz CT molecular complexity index is 1600. The summed E-state index contributed by atoms with van der Waals surface area (Å²) in [5, 5.41) is 3.17. The number of aryl methyl sites for hydroxylation is 2. The number of pyridine rings is 2.